The quantitative estimate of drug-likeness (QED) is 0.753. The molecule has 0 saturated carbocycles. The van der Waals surface area contributed by atoms with E-state index in [1.807, 2.05) is 51.1 Å². The predicted molar refractivity (Wildman–Crippen MR) is 76.8 cm³/mol. The summed E-state index contributed by atoms with van der Waals surface area (Å²) < 4.78 is 22.9. The highest BCUT2D eigenvalue weighted by Crippen LogP contribution is 2.33. The number of ether oxygens (including phenoxy) is 1. The summed E-state index contributed by atoms with van der Waals surface area (Å²) in [5.74, 6) is 0. The molecule has 0 saturated heterocycles. The second kappa shape index (κ2) is 6.63. The van der Waals surface area contributed by atoms with Crippen molar-refractivity contribution in [1.82, 2.24) is 0 Å². The Labute approximate surface area is 117 Å². The van der Waals surface area contributed by atoms with Crippen LogP contribution < -0.4 is 0 Å². The first kappa shape index (κ1) is 16.3. The summed E-state index contributed by atoms with van der Waals surface area (Å²) in [6.45, 7) is 6.01. The molecule has 0 aliphatic carbocycles. The molecule has 0 N–H and O–H groups in total. The van der Waals surface area contributed by atoms with Gasteiger partial charge in [-0.1, -0.05) is 30.3 Å². The molecule has 1 aromatic carbocycles. The Morgan fingerprint density at radius 1 is 0.895 bits per heavy atom. The summed E-state index contributed by atoms with van der Waals surface area (Å²) in [6, 6.07) is 9.89. The van der Waals surface area contributed by atoms with Crippen molar-refractivity contribution in [3.05, 3.63) is 35.9 Å². The van der Waals surface area contributed by atoms with Gasteiger partial charge in [0.05, 0.1) is 5.60 Å². The zero-order valence-electron chi connectivity index (χ0n) is 12.6. The third-order valence-corrected chi connectivity index (χ3v) is 5.55. The zero-order chi connectivity index (χ0) is 14.5. The number of hydrogen-bond donors (Lipinski definition) is 0. The molecule has 5 heteroatoms. The molecule has 0 heterocycles. The van der Waals surface area contributed by atoms with Gasteiger partial charge in [0.15, 0.2) is 5.73 Å². The Balaban J connectivity index is 3.19. The molecule has 19 heavy (non-hydrogen) atoms. The molecule has 0 radical (unpaired) electrons. The summed E-state index contributed by atoms with van der Waals surface area (Å²) in [5, 5.41) is 0. The van der Waals surface area contributed by atoms with Gasteiger partial charge in [-0.05, 0) is 26.3 Å². The standard InChI is InChI=1S/C14H24O4Si/c1-14(2,3)18-13(12-10-8-7-9-11-12)19(15-4,16-5)17-6/h7-11,13H,1-6H3. The first-order chi connectivity index (χ1) is 8.88. The first-order valence-corrected chi connectivity index (χ1v) is 8.07. The Kier molecular flexibility index (Phi) is 5.70. The van der Waals surface area contributed by atoms with Crippen LogP contribution in [0.5, 0.6) is 0 Å². The van der Waals surface area contributed by atoms with Crippen LogP contribution in [0.3, 0.4) is 0 Å². The van der Waals surface area contributed by atoms with Crippen molar-refractivity contribution in [2.24, 2.45) is 0 Å². The third kappa shape index (κ3) is 4.12. The van der Waals surface area contributed by atoms with Gasteiger partial charge in [-0.15, -0.1) is 0 Å². The molecule has 0 amide bonds. The summed E-state index contributed by atoms with van der Waals surface area (Å²) in [5.41, 5.74) is 0.317. The van der Waals surface area contributed by atoms with E-state index >= 15 is 0 Å². The van der Waals surface area contributed by atoms with Crippen molar-refractivity contribution in [2.75, 3.05) is 21.3 Å². The van der Waals surface area contributed by atoms with Crippen molar-refractivity contribution in [1.29, 1.82) is 0 Å². The van der Waals surface area contributed by atoms with Gasteiger partial charge in [-0.2, -0.15) is 0 Å². The minimum absolute atomic E-state index is 0.325. The highest BCUT2D eigenvalue weighted by Gasteiger charge is 2.51. The monoisotopic (exact) mass is 284 g/mol. The molecule has 1 atom stereocenters. The lowest BCUT2D eigenvalue weighted by atomic mass is 10.2. The topological polar surface area (TPSA) is 36.9 Å². The summed E-state index contributed by atoms with van der Waals surface area (Å²) in [6.07, 6.45) is 0. The van der Waals surface area contributed by atoms with E-state index in [0.717, 1.165) is 5.56 Å². The van der Waals surface area contributed by atoms with E-state index in [0.29, 0.717) is 0 Å². The van der Waals surface area contributed by atoms with Crippen LogP contribution in [0, 0.1) is 0 Å². The van der Waals surface area contributed by atoms with Crippen LogP contribution >= 0.6 is 0 Å². The fourth-order valence-electron chi connectivity index (χ4n) is 1.90. The van der Waals surface area contributed by atoms with Gasteiger partial charge in [0.1, 0.15) is 0 Å². The summed E-state index contributed by atoms with van der Waals surface area (Å²) in [4.78, 5) is 0. The third-order valence-electron chi connectivity index (χ3n) is 2.75. The van der Waals surface area contributed by atoms with Crippen LogP contribution in [0.1, 0.15) is 32.1 Å². The largest absolute Gasteiger partial charge is 0.535 e. The number of hydrogen-bond acceptors (Lipinski definition) is 4. The van der Waals surface area contributed by atoms with E-state index in [2.05, 4.69) is 0 Å². The highest BCUT2D eigenvalue weighted by molar-refractivity contribution is 6.61. The van der Waals surface area contributed by atoms with Gasteiger partial charge >= 0.3 is 8.80 Å². The highest BCUT2D eigenvalue weighted by atomic mass is 28.4. The van der Waals surface area contributed by atoms with Crippen LogP contribution in [0.2, 0.25) is 0 Å². The lowest BCUT2D eigenvalue weighted by Crippen LogP contribution is -2.52. The average molecular weight is 284 g/mol. The molecule has 0 bridgehead atoms. The van der Waals surface area contributed by atoms with Gasteiger partial charge in [-0.25, -0.2) is 0 Å². The Bertz CT molecular complexity index is 363. The lowest BCUT2D eigenvalue weighted by molar-refractivity contribution is -0.0672. The summed E-state index contributed by atoms with van der Waals surface area (Å²) in [7, 11) is 1.88. The fourth-order valence-corrected chi connectivity index (χ4v) is 4.14. The maximum Gasteiger partial charge on any atom is 0.535 e. The van der Waals surface area contributed by atoms with Crippen LogP contribution in [0.25, 0.3) is 0 Å². The Morgan fingerprint density at radius 2 is 1.37 bits per heavy atom. The van der Waals surface area contributed by atoms with Crippen LogP contribution in [0.15, 0.2) is 30.3 Å². The lowest BCUT2D eigenvalue weighted by Gasteiger charge is -2.36. The van der Waals surface area contributed by atoms with Crippen molar-refractivity contribution < 1.29 is 18.0 Å². The molecule has 0 fully saturated rings. The van der Waals surface area contributed by atoms with E-state index < -0.39 is 8.80 Å². The van der Waals surface area contributed by atoms with Crippen molar-refractivity contribution >= 4 is 8.80 Å². The minimum Gasteiger partial charge on any atom is -0.375 e. The predicted octanol–water partition coefficient (Wildman–Crippen LogP) is 2.96. The van der Waals surface area contributed by atoms with Crippen molar-refractivity contribution in [3.8, 4) is 0 Å². The second-order valence-electron chi connectivity index (χ2n) is 5.24. The summed E-state index contributed by atoms with van der Waals surface area (Å²) >= 11 is 0. The molecule has 4 nitrogen and oxygen atoms in total. The van der Waals surface area contributed by atoms with Crippen molar-refractivity contribution in [3.63, 3.8) is 0 Å². The van der Waals surface area contributed by atoms with Crippen LogP contribution in [0.4, 0.5) is 0 Å². The van der Waals surface area contributed by atoms with Gasteiger partial charge in [0.25, 0.3) is 0 Å². The SMILES string of the molecule is CO[Si](OC)(OC)C(OC(C)(C)C)c1ccccc1. The molecule has 0 aliphatic heterocycles. The van der Waals surface area contributed by atoms with Crippen molar-refractivity contribution in [2.45, 2.75) is 32.1 Å². The number of rotatable bonds is 6. The molecular weight excluding hydrogens is 260 g/mol. The normalized spacial score (nSPS) is 14.4. The molecule has 0 spiro atoms. The van der Waals surface area contributed by atoms with Crippen LogP contribution in [-0.2, 0) is 18.0 Å². The van der Waals surface area contributed by atoms with Gasteiger partial charge in [0, 0.05) is 21.3 Å². The maximum absolute atomic E-state index is 6.15. The molecule has 0 aliphatic rings. The molecule has 108 valence electrons. The van der Waals surface area contributed by atoms with Gasteiger partial charge in [-0.3, -0.25) is 0 Å². The minimum atomic E-state index is -2.92. The fraction of sp³-hybridized carbons (Fsp3) is 0.571. The zero-order valence-corrected chi connectivity index (χ0v) is 13.6. The van der Waals surface area contributed by atoms with E-state index in [1.165, 1.54) is 0 Å². The molecule has 1 unspecified atom stereocenters. The molecule has 1 rings (SSSR count). The Morgan fingerprint density at radius 3 is 1.74 bits per heavy atom. The first-order valence-electron chi connectivity index (χ1n) is 6.26. The van der Waals surface area contributed by atoms with E-state index in [1.54, 1.807) is 21.3 Å². The van der Waals surface area contributed by atoms with E-state index in [-0.39, 0.29) is 11.3 Å². The van der Waals surface area contributed by atoms with Gasteiger partial charge < -0.3 is 18.0 Å². The van der Waals surface area contributed by atoms with E-state index in [4.69, 9.17) is 18.0 Å². The van der Waals surface area contributed by atoms with Crippen LogP contribution in [-0.4, -0.2) is 35.7 Å². The maximum atomic E-state index is 6.15. The molecular formula is C14H24O4Si. The smallest absolute Gasteiger partial charge is 0.375 e. The van der Waals surface area contributed by atoms with Gasteiger partial charge in [0.2, 0.25) is 0 Å². The average Bonchev–Trinajstić information content (AvgIpc) is 2.40. The molecule has 0 aromatic heterocycles. The van der Waals surface area contributed by atoms with E-state index in [9.17, 15) is 0 Å². The second-order valence-corrected chi connectivity index (χ2v) is 8.19. The molecule has 1 aromatic rings. The number of benzene rings is 1. The Hall–Kier alpha value is -0.723.